The van der Waals surface area contributed by atoms with E-state index in [1.165, 1.54) is 0 Å². The number of hydrogen-bond acceptors (Lipinski definition) is 5. The predicted molar refractivity (Wildman–Crippen MR) is 83.9 cm³/mol. The second kappa shape index (κ2) is 8.43. The molecule has 1 atom stereocenters. The fraction of sp³-hybridized carbons (Fsp3) is 1.00. The van der Waals surface area contributed by atoms with Gasteiger partial charge in [-0.15, -0.1) is 0 Å². The van der Waals surface area contributed by atoms with E-state index < -0.39 is 10.0 Å². The average Bonchev–Trinajstić information content (AvgIpc) is 2.52. The van der Waals surface area contributed by atoms with Crippen molar-refractivity contribution in [2.45, 2.75) is 32.3 Å². The smallest absolute Gasteiger partial charge is 0.211 e. The number of nitrogens with zero attached hydrogens (tertiary/aromatic N) is 1. The summed E-state index contributed by atoms with van der Waals surface area (Å²) >= 11 is 0. The van der Waals surface area contributed by atoms with Crippen LogP contribution in [0.1, 0.15) is 26.2 Å². The van der Waals surface area contributed by atoms with E-state index in [9.17, 15) is 8.42 Å². The number of rotatable bonds is 7. The minimum Gasteiger partial charge on any atom is -0.374 e. The van der Waals surface area contributed by atoms with E-state index in [2.05, 4.69) is 21.9 Å². The molecular formula is C14H29N3O3S. The van der Waals surface area contributed by atoms with Crippen LogP contribution in [0, 0.1) is 5.92 Å². The van der Waals surface area contributed by atoms with Crippen molar-refractivity contribution >= 4 is 10.0 Å². The molecule has 0 aromatic carbocycles. The van der Waals surface area contributed by atoms with Crippen LogP contribution in [0.2, 0.25) is 0 Å². The van der Waals surface area contributed by atoms with E-state index >= 15 is 0 Å². The summed E-state index contributed by atoms with van der Waals surface area (Å²) in [7, 11) is -3.17. The van der Waals surface area contributed by atoms with E-state index in [-0.39, 0.29) is 11.9 Å². The normalized spacial score (nSPS) is 26.0. The van der Waals surface area contributed by atoms with Crippen LogP contribution in [0.3, 0.4) is 0 Å². The highest BCUT2D eigenvalue weighted by molar-refractivity contribution is 7.89. The largest absolute Gasteiger partial charge is 0.374 e. The van der Waals surface area contributed by atoms with Crippen molar-refractivity contribution in [3.8, 4) is 0 Å². The Hall–Kier alpha value is -0.210. The third-order valence-electron chi connectivity index (χ3n) is 4.45. The Morgan fingerprint density at radius 2 is 2.10 bits per heavy atom. The monoisotopic (exact) mass is 319 g/mol. The van der Waals surface area contributed by atoms with Gasteiger partial charge in [0, 0.05) is 19.6 Å². The van der Waals surface area contributed by atoms with Gasteiger partial charge >= 0.3 is 0 Å². The van der Waals surface area contributed by atoms with Crippen molar-refractivity contribution in [3.63, 3.8) is 0 Å². The highest BCUT2D eigenvalue weighted by Gasteiger charge is 2.22. The molecule has 0 bridgehead atoms. The lowest BCUT2D eigenvalue weighted by Crippen LogP contribution is -2.47. The Bertz CT molecular complexity index is 396. The van der Waals surface area contributed by atoms with Gasteiger partial charge < -0.3 is 10.1 Å². The van der Waals surface area contributed by atoms with Crippen LogP contribution in [0.5, 0.6) is 0 Å². The maximum Gasteiger partial charge on any atom is 0.211 e. The molecule has 2 rings (SSSR count). The van der Waals surface area contributed by atoms with Crippen LogP contribution in [0.15, 0.2) is 0 Å². The third-order valence-corrected chi connectivity index (χ3v) is 5.83. The minimum absolute atomic E-state index is 0.0210. The topological polar surface area (TPSA) is 70.7 Å². The van der Waals surface area contributed by atoms with Gasteiger partial charge in [-0.05, 0) is 44.8 Å². The lowest BCUT2D eigenvalue weighted by atomic mass is 9.96. The number of sulfonamides is 1. The van der Waals surface area contributed by atoms with Crippen LogP contribution in [0.4, 0.5) is 0 Å². The molecule has 2 aliphatic heterocycles. The fourth-order valence-electron chi connectivity index (χ4n) is 2.98. The summed E-state index contributed by atoms with van der Waals surface area (Å²) in [5, 5.41) is 3.30. The first-order valence-corrected chi connectivity index (χ1v) is 9.76. The number of ether oxygens (including phenoxy) is 1. The summed E-state index contributed by atoms with van der Waals surface area (Å²) in [5.41, 5.74) is 0. The maximum absolute atomic E-state index is 12.1. The quantitative estimate of drug-likeness (QED) is 0.692. The Balaban J connectivity index is 1.68. The Morgan fingerprint density at radius 3 is 2.81 bits per heavy atom. The standard InChI is InChI=1S/C14H29N3O3S/c1-2-17-8-9-20-14(12-17)11-16-21(18,19)10-5-13-3-6-15-7-4-13/h13-16H,2-12H2,1H3. The second-order valence-corrected chi connectivity index (χ2v) is 7.96. The average molecular weight is 319 g/mol. The molecule has 2 saturated heterocycles. The Kier molecular flexibility index (Phi) is 6.88. The van der Waals surface area contributed by atoms with Gasteiger partial charge in [-0.1, -0.05) is 6.92 Å². The van der Waals surface area contributed by atoms with Gasteiger partial charge in [0.15, 0.2) is 0 Å². The highest BCUT2D eigenvalue weighted by atomic mass is 32.2. The van der Waals surface area contributed by atoms with Crippen molar-refractivity contribution < 1.29 is 13.2 Å². The first kappa shape index (κ1) is 17.1. The van der Waals surface area contributed by atoms with Gasteiger partial charge in [-0.2, -0.15) is 0 Å². The highest BCUT2D eigenvalue weighted by Crippen LogP contribution is 2.16. The molecule has 2 aliphatic rings. The molecule has 0 aromatic heterocycles. The molecular weight excluding hydrogens is 290 g/mol. The predicted octanol–water partition coefficient (Wildman–Crippen LogP) is 0.0162. The lowest BCUT2D eigenvalue weighted by molar-refractivity contribution is -0.0229. The minimum atomic E-state index is -3.17. The first-order chi connectivity index (χ1) is 10.1. The number of hydrogen-bond donors (Lipinski definition) is 2. The molecule has 0 amide bonds. The second-order valence-electron chi connectivity index (χ2n) is 6.04. The van der Waals surface area contributed by atoms with Crippen LogP contribution in [-0.4, -0.2) is 71.0 Å². The van der Waals surface area contributed by atoms with Gasteiger partial charge in [-0.3, -0.25) is 4.90 Å². The zero-order chi connectivity index (χ0) is 15.1. The molecule has 2 heterocycles. The molecule has 0 saturated carbocycles. The molecule has 2 fully saturated rings. The summed E-state index contributed by atoms with van der Waals surface area (Å²) in [4.78, 5) is 2.29. The Morgan fingerprint density at radius 1 is 1.33 bits per heavy atom. The van der Waals surface area contributed by atoms with Crippen LogP contribution in [0.25, 0.3) is 0 Å². The maximum atomic E-state index is 12.1. The lowest BCUT2D eigenvalue weighted by Gasteiger charge is -2.32. The molecule has 0 radical (unpaired) electrons. The molecule has 6 nitrogen and oxygen atoms in total. The molecule has 0 aliphatic carbocycles. The van der Waals surface area contributed by atoms with E-state index in [1.807, 2.05) is 0 Å². The summed E-state index contributed by atoms with van der Waals surface area (Å²) in [6.07, 6.45) is 2.93. The summed E-state index contributed by atoms with van der Waals surface area (Å²) in [6, 6.07) is 0. The molecule has 21 heavy (non-hydrogen) atoms. The van der Waals surface area contributed by atoms with Gasteiger partial charge in [0.1, 0.15) is 0 Å². The summed E-state index contributed by atoms with van der Waals surface area (Å²) in [6.45, 7) is 7.97. The number of likely N-dealkylation sites (N-methyl/N-ethyl adjacent to an activating group) is 1. The summed E-state index contributed by atoms with van der Waals surface area (Å²) in [5.74, 6) is 0.784. The molecule has 0 spiro atoms. The number of morpholine rings is 1. The molecule has 7 heteroatoms. The van der Waals surface area contributed by atoms with E-state index in [0.29, 0.717) is 19.1 Å². The van der Waals surface area contributed by atoms with E-state index in [4.69, 9.17) is 4.74 Å². The van der Waals surface area contributed by atoms with E-state index in [0.717, 1.165) is 52.0 Å². The van der Waals surface area contributed by atoms with Crippen LogP contribution < -0.4 is 10.0 Å². The van der Waals surface area contributed by atoms with Crippen molar-refractivity contribution in [1.29, 1.82) is 0 Å². The van der Waals surface area contributed by atoms with Crippen LogP contribution >= 0.6 is 0 Å². The van der Waals surface area contributed by atoms with Gasteiger partial charge in [0.2, 0.25) is 10.0 Å². The molecule has 1 unspecified atom stereocenters. The first-order valence-electron chi connectivity index (χ1n) is 8.11. The van der Waals surface area contributed by atoms with Crippen molar-refractivity contribution in [3.05, 3.63) is 0 Å². The number of nitrogens with one attached hydrogen (secondary N) is 2. The van der Waals surface area contributed by atoms with Crippen LogP contribution in [-0.2, 0) is 14.8 Å². The molecule has 2 N–H and O–H groups in total. The van der Waals surface area contributed by atoms with Gasteiger partial charge in [0.05, 0.1) is 18.5 Å². The fourth-order valence-corrected chi connectivity index (χ4v) is 4.20. The zero-order valence-corrected chi connectivity index (χ0v) is 13.8. The summed E-state index contributed by atoms with van der Waals surface area (Å²) < 4.78 is 32.5. The number of piperidine rings is 1. The van der Waals surface area contributed by atoms with Gasteiger partial charge in [0.25, 0.3) is 0 Å². The van der Waals surface area contributed by atoms with Gasteiger partial charge in [-0.25, -0.2) is 13.1 Å². The zero-order valence-electron chi connectivity index (χ0n) is 13.0. The Labute approximate surface area is 128 Å². The molecule has 0 aromatic rings. The third kappa shape index (κ3) is 6.20. The van der Waals surface area contributed by atoms with Crippen molar-refractivity contribution in [1.82, 2.24) is 14.9 Å². The van der Waals surface area contributed by atoms with Crippen molar-refractivity contribution in [2.24, 2.45) is 5.92 Å². The SMILES string of the molecule is CCN1CCOC(CNS(=O)(=O)CCC2CCNCC2)C1. The molecule has 124 valence electrons. The van der Waals surface area contributed by atoms with E-state index in [1.54, 1.807) is 0 Å². The van der Waals surface area contributed by atoms with Crippen molar-refractivity contribution in [2.75, 3.05) is 51.6 Å².